The van der Waals surface area contributed by atoms with Gasteiger partial charge in [-0.3, -0.25) is 4.72 Å². The van der Waals surface area contributed by atoms with Crippen molar-refractivity contribution < 1.29 is 74.8 Å². The maximum absolute atomic E-state index is 15.1. The number of anilines is 1. The third-order valence-electron chi connectivity index (χ3n) is 5.35. The normalized spacial score (nSPS) is 11.2. The van der Waals surface area contributed by atoms with Crippen molar-refractivity contribution >= 4 is 27.0 Å². The molecule has 0 fully saturated rings. The van der Waals surface area contributed by atoms with Crippen LogP contribution in [0.25, 0.3) is 11.0 Å². The SMILES string of the molecule is CCc1c(Cc2ccnc(NS(=O)(=O)NC)c2F)c(=O)oc2cc(Oc3ncccn3)c(C)cc12.[H-].[K+]. The van der Waals surface area contributed by atoms with Crippen LogP contribution in [0.2, 0.25) is 0 Å². The maximum atomic E-state index is 15.1. The van der Waals surface area contributed by atoms with E-state index in [9.17, 15) is 13.2 Å². The number of pyridine rings is 1. The van der Waals surface area contributed by atoms with Crippen molar-refractivity contribution in [2.75, 3.05) is 11.8 Å². The van der Waals surface area contributed by atoms with Crippen LogP contribution >= 0.6 is 0 Å². The molecule has 4 aromatic rings. The third kappa shape index (κ3) is 6.17. The number of nitrogens with one attached hydrogen (secondary N) is 2. The van der Waals surface area contributed by atoms with Gasteiger partial charge < -0.3 is 10.6 Å². The van der Waals surface area contributed by atoms with Crippen LogP contribution in [0.1, 0.15) is 30.6 Å². The first-order valence-electron chi connectivity index (χ1n) is 10.6. The summed E-state index contributed by atoms with van der Waals surface area (Å²) in [6.45, 7) is 3.72. The van der Waals surface area contributed by atoms with Crippen molar-refractivity contribution in [2.45, 2.75) is 26.7 Å². The van der Waals surface area contributed by atoms with Crippen LogP contribution in [0, 0.1) is 12.7 Å². The summed E-state index contributed by atoms with van der Waals surface area (Å²) in [6, 6.07) is 6.63. The number of aromatic nitrogens is 3. The monoisotopic (exact) mass is 539 g/mol. The molecule has 0 unspecified atom stereocenters. The van der Waals surface area contributed by atoms with Gasteiger partial charge in [0.1, 0.15) is 11.3 Å². The van der Waals surface area contributed by atoms with Crippen molar-refractivity contribution in [1.29, 1.82) is 0 Å². The van der Waals surface area contributed by atoms with Gasteiger partial charge in [0.2, 0.25) is 0 Å². The third-order valence-corrected chi connectivity index (χ3v) is 6.35. The van der Waals surface area contributed by atoms with E-state index in [1.807, 2.05) is 29.4 Å². The van der Waals surface area contributed by atoms with E-state index in [1.165, 1.54) is 19.3 Å². The summed E-state index contributed by atoms with van der Waals surface area (Å²) in [5.41, 5.74) is 1.49. The Morgan fingerprint density at radius 1 is 1.14 bits per heavy atom. The fraction of sp³-hybridized carbons (Fsp3) is 0.217. The molecule has 36 heavy (non-hydrogen) atoms. The molecule has 10 nitrogen and oxygen atoms in total. The molecule has 0 spiro atoms. The molecule has 0 bridgehead atoms. The van der Waals surface area contributed by atoms with Crippen LogP contribution in [0.3, 0.4) is 0 Å². The second-order valence-electron chi connectivity index (χ2n) is 7.57. The quantitative estimate of drug-likeness (QED) is 0.242. The first-order valence-corrected chi connectivity index (χ1v) is 12.1. The van der Waals surface area contributed by atoms with Gasteiger partial charge in [-0.15, -0.1) is 0 Å². The Kier molecular flexibility index (Phi) is 9.32. The molecule has 3 heterocycles. The molecule has 0 amide bonds. The first kappa shape index (κ1) is 28.3. The first-order chi connectivity index (χ1) is 16.7. The van der Waals surface area contributed by atoms with Gasteiger partial charge >= 0.3 is 63.0 Å². The number of halogens is 1. The number of hydrogen-bond donors (Lipinski definition) is 2. The predicted molar refractivity (Wildman–Crippen MR) is 128 cm³/mol. The van der Waals surface area contributed by atoms with E-state index >= 15 is 4.39 Å². The Labute approximate surface area is 250 Å². The zero-order chi connectivity index (χ0) is 25.2. The number of benzene rings is 1. The van der Waals surface area contributed by atoms with Crippen LogP contribution in [0.4, 0.5) is 10.2 Å². The molecule has 0 aliphatic rings. The van der Waals surface area contributed by atoms with Crippen molar-refractivity contribution in [1.82, 2.24) is 19.7 Å². The molecule has 3 aromatic heterocycles. The Morgan fingerprint density at radius 3 is 2.53 bits per heavy atom. The van der Waals surface area contributed by atoms with Gasteiger partial charge in [-0.25, -0.2) is 28.9 Å². The van der Waals surface area contributed by atoms with E-state index in [2.05, 4.69) is 15.0 Å². The van der Waals surface area contributed by atoms with E-state index in [1.54, 1.807) is 24.5 Å². The number of rotatable bonds is 8. The standard InChI is InChI=1S/C23H22FN5O5S.K.H/c1-4-15-16-10-13(2)18(34-23-27-7-5-8-28-23)12-19(16)33-22(30)17(15)11-14-6-9-26-21(20(14)24)29-35(31,32)25-3;;/h5-10,12,25H,4,11H2,1-3H3,(H,26,29);;/q;+1;-1. The topological polar surface area (TPSA) is 136 Å². The summed E-state index contributed by atoms with van der Waals surface area (Å²) >= 11 is 0. The van der Waals surface area contributed by atoms with E-state index in [0.29, 0.717) is 28.7 Å². The van der Waals surface area contributed by atoms with E-state index in [0.717, 1.165) is 5.56 Å². The average molecular weight is 540 g/mol. The largest absolute Gasteiger partial charge is 1.00 e. The van der Waals surface area contributed by atoms with Gasteiger partial charge in [-0.1, -0.05) is 6.92 Å². The van der Waals surface area contributed by atoms with Gasteiger partial charge in [0.15, 0.2) is 11.6 Å². The summed E-state index contributed by atoms with van der Waals surface area (Å²) in [5.74, 6) is -0.917. The molecule has 0 aliphatic heterocycles. The Bertz CT molecular complexity index is 1570. The molecular formula is C23H23FKN5O5S. The minimum absolute atomic E-state index is 0. The Morgan fingerprint density at radius 2 is 1.86 bits per heavy atom. The number of aryl methyl sites for hydroxylation is 2. The predicted octanol–water partition coefficient (Wildman–Crippen LogP) is 0.364. The zero-order valence-corrected chi connectivity index (χ0v) is 24.1. The van der Waals surface area contributed by atoms with Crippen LogP contribution in [0.15, 0.2) is 52.1 Å². The summed E-state index contributed by atoms with van der Waals surface area (Å²) in [4.78, 5) is 24.8. The second-order valence-corrected chi connectivity index (χ2v) is 9.19. The van der Waals surface area contributed by atoms with Gasteiger partial charge in [0.05, 0.1) is 0 Å². The van der Waals surface area contributed by atoms with E-state index in [-0.39, 0.29) is 76.4 Å². The molecule has 0 saturated heterocycles. The van der Waals surface area contributed by atoms with Crippen molar-refractivity contribution in [3.63, 3.8) is 0 Å². The number of ether oxygens (including phenoxy) is 1. The van der Waals surface area contributed by atoms with Crippen LogP contribution < -0.4 is 71.2 Å². The minimum Gasteiger partial charge on any atom is -1.00 e. The zero-order valence-electron chi connectivity index (χ0n) is 21.1. The summed E-state index contributed by atoms with van der Waals surface area (Å²) in [6.07, 6.45) is 4.73. The Hall–Kier alpha value is -2.26. The molecule has 0 radical (unpaired) electrons. The summed E-state index contributed by atoms with van der Waals surface area (Å²) in [5, 5.41) is 0.687. The molecule has 1 aromatic carbocycles. The van der Waals surface area contributed by atoms with Gasteiger partial charge in [-0.05, 0) is 48.2 Å². The van der Waals surface area contributed by atoms with E-state index in [4.69, 9.17) is 9.15 Å². The van der Waals surface area contributed by atoms with Crippen molar-refractivity contribution in [3.05, 3.63) is 81.3 Å². The Balaban J connectivity index is 0.00000241. The number of fused-ring (bicyclic) bond motifs is 1. The second kappa shape index (κ2) is 11.9. The fourth-order valence-corrected chi connectivity index (χ4v) is 4.13. The molecule has 0 saturated carbocycles. The van der Waals surface area contributed by atoms with Crippen molar-refractivity contribution in [2.24, 2.45) is 0 Å². The molecule has 13 heteroatoms. The fourth-order valence-electron chi connectivity index (χ4n) is 3.63. The molecule has 0 aliphatic carbocycles. The maximum Gasteiger partial charge on any atom is 1.00 e. The molecule has 4 rings (SSSR count). The van der Waals surface area contributed by atoms with Gasteiger partial charge in [-0.2, -0.15) is 8.42 Å². The van der Waals surface area contributed by atoms with E-state index < -0.39 is 27.5 Å². The van der Waals surface area contributed by atoms with Gasteiger partial charge in [0, 0.05) is 49.1 Å². The summed E-state index contributed by atoms with van der Waals surface area (Å²) in [7, 11) is -2.79. The van der Waals surface area contributed by atoms with Crippen LogP contribution in [-0.2, 0) is 23.1 Å². The number of nitrogens with zero attached hydrogens (tertiary/aromatic N) is 3. The smallest absolute Gasteiger partial charge is 1.00 e. The molecule has 184 valence electrons. The van der Waals surface area contributed by atoms with Gasteiger partial charge in [0.25, 0.3) is 10.2 Å². The van der Waals surface area contributed by atoms with Crippen LogP contribution in [-0.4, -0.2) is 30.4 Å². The average Bonchev–Trinajstić information content (AvgIpc) is 2.83. The number of hydrogen-bond acceptors (Lipinski definition) is 8. The minimum atomic E-state index is -3.97. The van der Waals surface area contributed by atoms with Crippen LogP contribution in [0.5, 0.6) is 11.8 Å². The molecule has 0 atom stereocenters. The van der Waals surface area contributed by atoms with Crippen molar-refractivity contribution in [3.8, 4) is 11.8 Å². The molecular weight excluding hydrogens is 516 g/mol. The molecule has 2 N–H and O–H groups in total. The summed E-state index contributed by atoms with van der Waals surface area (Å²) < 4.78 is 53.9.